The normalized spacial score (nSPS) is 40.4. The van der Waals surface area contributed by atoms with Crippen LogP contribution >= 0.6 is 0 Å². The molecular weight excluding hydrogens is 712 g/mol. The number of ether oxygens (including phenoxy) is 8. The van der Waals surface area contributed by atoms with Gasteiger partial charge in [-0.1, -0.05) is 18.2 Å². The maximum absolute atomic E-state index is 13.0. The molecular formula is C34H46O19. The lowest BCUT2D eigenvalue weighted by molar-refractivity contribution is -0.339. The van der Waals surface area contributed by atoms with Crippen molar-refractivity contribution in [1.82, 2.24) is 0 Å². The number of aldehydes is 1. The van der Waals surface area contributed by atoms with E-state index in [0.717, 1.165) is 26.7 Å². The van der Waals surface area contributed by atoms with Gasteiger partial charge in [0, 0.05) is 17.8 Å². The van der Waals surface area contributed by atoms with Gasteiger partial charge in [-0.15, -0.1) is 13.2 Å². The topological polar surface area (TPSA) is 287 Å². The fourth-order valence-electron chi connectivity index (χ4n) is 6.58. The van der Waals surface area contributed by atoms with E-state index in [0.29, 0.717) is 6.29 Å². The van der Waals surface area contributed by atoms with Crippen LogP contribution < -0.4 is 0 Å². The smallest absolute Gasteiger partial charge is 0.337 e. The Morgan fingerprint density at radius 1 is 0.698 bits per heavy atom. The molecule has 19 nitrogen and oxygen atoms in total. The molecule has 4 rings (SSSR count). The number of rotatable bonds is 14. The van der Waals surface area contributed by atoms with Crippen molar-refractivity contribution in [2.24, 2.45) is 23.7 Å². The van der Waals surface area contributed by atoms with Gasteiger partial charge in [0.2, 0.25) is 12.6 Å². The Bertz CT molecular complexity index is 1410. The molecule has 8 N–H and O–H groups in total. The van der Waals surface area contributed by atoms with Crippen molar-refractivity contribution in [2.45, 2.75) is 80.4 Å². The largest absolute Gasteiger partial charge is 0.471 e. The number of allylic oxidation sites excluding steroid dienone is 2. The predicted octanol–water partition coefficient (Wildman–Crippen LogP) is -3.20. The van der Waals surface area contributed by atoms with Crippen molar-refractivity contribution in [1.29, 1.82) is 0 Å². The predicted molar refractivity (Wildman–Crippen MR) is 173 cm³/mol. The van der Waals surface area contributed by atoms with E-state index in [-0.39, 0.29) is 23.1 Å². The molecule has 2 saturated heterocycles. The number of aliphatic hydroxyl groups is 8. The molecule has 0 spiro atoms. The van der Waals surface area contributed by atoms with Crippen molar-refractivity contribution in [3.8, 4) is 0 Å². The zero-order chi connectivity index (χ0) is 39.1. The molecule has 0 aromatic carbocycles. The maximum atomic E-state index is 13.0. The summed E-state index contributed by atoms with van der Waals surface area (Å²) in [7, 11) is 2.23. The van der Waals surface area contributed by atoms with E-state index in [1.54, 1.807) is 0 Å². The van der Waals surface area contributed by atoms with Crippen LogP contribution in [0.3, 0.4) is 0 Å². The van der Waals surface area contributed by atoms with Gasteiger partial charge >= 0.3 is 11.9 Å². The third kappa shape index (κ3) is 8.72. The van der Waals surface area contributed by atoms with Crippen LogP contribution in [0.2, 0.25) is 0 Å². The van der Waals surface area contributed by atoms with Gasteiger partial charge < -0.3 is 78.7 Å². The van der Waals surface area contributed by atoms with Crippen molar-refractivity contribution in [3.05, 3.63) is 60.6 Å². The molecule has 19 heteroatoms. The first-order valence-electron chi connectivity index (χ1n) is 16.5. The second-order valence-corrected chi connectivity index (χ2v) is 12.6. The summed E-state index contributed by atoms with van der Waals surface area (Å²) in [6.45, 7) is 6.16. The van der Waals surface area contributed by atoms with Gasteiger partial charge in [0.05, 0.1) is 57.0 Å². The molecule has 0 aromatic heterocycles. The van der Waals surface area contributed by atoms with E-state index in [1.165, 1.54) is 18.2 Å². The van der Waals surface area contributed by atoms with Crippen LogP contribution in [0.5, 0.6) is 0 Å². The average molecular weight is 759 g/mol. The quantitative estimate of drug-likeness (QED) is 0.0375. The Balaban J connectivity index is 1.66. The minimum absolute atomic E-state index is 0.0210. The van der Waals surface area contributed by atoms with Gasteiger partial charge in [-0.3, -0.25) is 4.79 Å². The molecule has 16 atom stereocenters. The standard InChI is InChI=1S/C34H46O19/c1-5-15-17(18(29(44)46-3)12-48-31(15)52-33-27(42)25(40)23(38)20(10-36)50-33)8-7-14(9-35)22-16(6-2)32(49-13-19(22)30(45)47-4)53-34-28(43)26(41)24(39)21(11-37)51-34/h5-7,9,12-13,15-17,20-28,31-34,36-43H,1-2,8,10-11H2,3-4H3/t15-,16-,17?,20-,21-,22+,23-,24-,25+,26+,27-,28-,31+,32+,33+,34+/m1/s1. The van der Waals surface area contributed by atoms with Crippen LogP contribution in [0.25, 0.3) is 0 Å². The van der Waals surface area contributed by atoms with E-state index in [1.807, 2.05) is 0 Å². The Morgan fingerprint density at radius 2 is 1.15 bits per heavy atom. The lowest BCUT2D eigenvalue weighted by atomic mass is 9.76. The van der Waals surface area contributed by atoms with Crippen LogP contribution in [0.4, 0.5) is 0 Å². The first kappa shape index (κ1) is 42.2. The third-order valence-corrected chi connectivity index (χ3v) is 9.59. The molecule has 296 valence electrons. The highest BCUT2D eigenvalue weighted by molar-refractivity contribution is 5.92. The third-order valence-electron chi connectivity index (χ3n) is 9.59. The summed E-state index contributed by atoms with van der Waals surface area (Å²) < 4.78 is 43.7. The van der Waals surface area contributed by atoms with Gasteiger partial charge in [-0.25, -0.2) is 9.59 Å². The lowest BCUT2D eigenvalue weighted by Gasteiger charge is -2.43. The molecule has 0 aliphatic carbocycles. The first-order valence-corrected chi connectivity index (χ1v) is 16.5. The zero-order valence-electron chi connectivity index (χ0n) is 28.8. The lowest BCUT2D eigenvalue weighted by Crippen LogP contribution is -2.60. The summed E-state index contributed by atoms with van der Waals surface area (Å²) in [6, 6.07) is 0. The zero-order valence-corrected chi connectivity index (χ0v) is 28.8. The summed E-state index contributed by atoms with van der Waals surface area (Å²) in [4.78, 5) is 38.7. The first-order chi connectivity index (χ1) is 25.3. The number of aliphatic hydroxyl groups excluding tert-OH is 8. The van der Waals surface area contributed by atoms with Gasteiger partial charge in [0.15, 0.2) is 12.6 Å². The van der Waals surface area contributed by atoms with Crippen LogP contribution in [0.1, 0.15) is 6.42 Å². The molecule has 4 heterocycles. The Labute approximate surface area is 303 Å². The van der Waals surface area contributed by atoms with Crippen LogP contribution in [0.15, 0.2) is 60.6 Å². The summed E-state index contributed by atoms with van der Waals surface area (Å²) in [5.41, 5.74) is -0.223. The molecule has 53 heavy (non-hydrogen) atoms. The van der Waals surface area contributed by atoms with E-state index >= 15 is 0 Å². The van der Waals surface area contributed by atoms with Gasteiger partial charge in [-0.2, -0.15) is 0 Å². The molecule has 4 aliphatic rings. The Hall–Kier alpha value is -3.57. The highest BCUT2D eigenvalue weighted by Crippen LogP contribution is 2.41. The number of hydrogen-bond acceptors (Lipinski definition) is 19. The average Bonchev–Trinajstić information content (AvgIpc) is 3.17. The van der Waals surface area contributed by atoms with Crippen molar-refractivity contribution in [3.63, 3.8) is 0 Å². The summed E-state index contributed by atoms with van der Waals surface area (Å²) in [5.74, 6) is -5.82. The van der Waals surface area contributed by atoms with Crippen molar-refractivity contribution < 1.29 is 93.1 Å². The summed E-state index contributed by atoms with van der Waals surface area (Å²) in [6.07, 6.45) is -12.7. The minimum Gasteiger partial charge on any atom is -0.471 e. The van der Waals surface area contributed by atoms with Gasteiger partial charge in [0.1, 0.15) is 55.1 Å². The second kappa shape index (κ2) is 18.7. The van der Waals surface area contributed by atoms with E-state index < -0.39 is 123 Å². The minimum atomic E-state index is -1.81. The van der Waals surface area contributed by atoms with Crippen molar-refractivity contribution >= 4 is 18.2 Å². The fraction of sp³-hybridized carbons (Fsp3) is 0.618. The molecule has 0 radical (unpaired) electrons. The fourth-order valence-corrected chi connectivity index (χ4v) is 6.58. The number of esters is 2. The Kier molecular flexibility index (Phi) is 14.8. The second-order valence-electron chi connectivity index (χ2n) is 12.6. The number of carbonyl (C=O) groups excluding carboxylic acids is 3. The van der Waals surface area contributed by atoms with Crippen LogP contribution in [-0.4, -0.2) is 161 Å². The number of methoxy groups -OCH3 is 2. The molecule has 2 fully saturated rings. The van der Waals surface area contributed by atoms with Gasteiger partial charge in [0.25, 0.3) is 0 Å². The molecule has 1 unspecified atom stereocenters. The monoisotopic (exact) mass is 758 g/mol. The highest BCUT2D eigenvalue weighted by atomic mass is 16.8. The van der Waals surface area contributed by atoms with E-state index in [2.05, 4.69) is 13.2 Å². The van der Waals surface area contributed by atoms with Crippen LogP contribution in [0, 0.1) is 23.7 Å². The van der Waals surface area contributed by atoms with Crippen LogP contribution in [-0.2, 0) is 52.3 Å². The van der Waals surface area contributed by atoms with E-state index in [9.17, 15) is 55.2 Å². The molecule has 0 bridgehead atoms. The van der Waals surface area contributed by atoms with Gasteiger partial charge in [-0.05, 0) is 12.0 Å². The maximum Gasteiger partial charge on any atom is 0.337 e. The van der Waals surface area contributed by atoms with E-state index in [4.69, 9.17) is 37.9 Å². The van der Waals surface area contributed by atoms with Crippen molar-refractivity contribution in [2.75, 3.05) is 27.4 Å². The molecule has 4 aliphatic heterocycles. The summed E-state index contributed by atoms with van der Waals surface area (Å²) in [5, 5.41) is 81.1. The number of carbonyl (C=O) groups is 3. The Morgan fingerprint density at radius 3 is 1.58 bits per heavy atom. The SMILES string of the molecule is C=C[C@H]1[C@H](O[C@@H]2O[C@H](CO)[C@@H](O)[C@H](O)[C@H]2O)OC=C(C(=O)OC)[C@H]1C(C=O)=CCC1C(C(=O)OC)=CO[C@@H](O[C@@H]2O[C@H](CO)[C@@H](O)[C@H](O)[C@H]2O)[C@@H]1C=C. The number of hydrogen-bond donors (Lipinski definition) is 8. The highest BCUT2D eigenvalue weighted by Gasteiger charge is 2.50. The molecule has 0 aromatic rings. The molecule has 0 saturated carbocycles. The molecule has 0 amide bonds. The summed E-state index contributed by atoms with van der Waals surface area (Å²) >= 11 is 0.